The highest BCUT2D eigenvalue weighted by molar-refractivity contribution is 9.10. The Labute approximate surface area is 160 Å². The SMILES string of the molecule is CC[C@@H]([NH2+]CC(=O)Nc1sc2c(c1C#N)CCC2)c1ccc(Br)cc1. The molecule has 0 fully saturated rings. The minimum absolute atomic E-state index is 0.0491. The van der Waals surface area contributed by atoms with Crippen molar-refractivity contribution in [1.29, 1.82) is 5.26 Å². The molecule has 1 aliphatic rings. The van der Waals surface area contributed by atoms with Crippen LogP contribution in [0.1, 0.15) is 47.4 Å². The van der Waals surface area contributed by atoms with Crippen LogP contribution in [0.15, 0.2) is 28.7 Å². The molecular formula is C19H21BrN3OS+. The predicted molar refractivity (Wildman–Crippen MR) is 104 cm³/mol. The summed E-state index contributed by atoms with van der Waals surface area (Å²) in [7, 11) is 0. The Hall–Kier alpha value is -1.68. The second-order valence-corrected chi connectivity index (χ2v) is 8.25. The molecule has 2 aromatic rings. The number of benzene rings is 1. The number of quaternary nitrogens is 1. The largest absolute Gasteiger partial charge is 0.332 e. The summed E-state index contributed by atoms with van der Waals surface area (Å²) in [5.74, 6) is -0.0491. The Morgan fingerprint density at radius 1 is 1.40 bits per heavy atom. The highest BCUT2D eigenvalue weighted by Crippen LogP contribution is 2.38. The first kappa shape index (κ1) is 18.1. The number of nitriles is 1. The molecule has 3 N–H and O–H groups in total. The van der Waals surface area contributed by atoms with E-state index in [4.69, 9.17) is 0 Å². The van der Waals surface area contributed by atoms with Crippen molar-refractivity contribution in [2.45, 2.75) is 38.6 Å². The molecule has 1 aromatic heterocycles. The summed E-state index contributed by atoms with van der Waals surface area (Å²) in [4.78, 5) is 13.6. The van der Waals surface area contributed by atoms with Crippen LogP contribution in [-0.2, 0) is 17.6 Å². The van der Waals surface area contributed by atoms with Gasteiger partial charge in [0.15, 0.2) is 6.54 Å². The first-order valence-corrected chi connectivity index (χ1v) is 10.2. The summed E-state index contributed by atoms with van der Waals surface area (Å²) >= 11 is 5.01. The predicted octanol–water partition coefficient (Wildman–Crippen LogP) is 3.52. The molecule has 4 nitrogen and oxygen atoms in total. The molecule has 1 heterocycles. The topological polar surface area (TPSA) is 69.5 Å². The fourth-order valence-electron chi connectivity index (χ4n) is 3.29. The number of carbonyl (C=O) groups excluding carboxylic acids is 1. The maximum atomic E-state index is 12.4. The van der Waals surface area contributed by atoms with E-state index in [1.807, 2.05) is 12.1 Å². The molecule has 25 heavy (non-hydrogen) atoms. The van der Waals surface area contributed by atoms with Gasteiger partial charge in [-0.1, -0.05) is 35.0 Å². The Morgan fingerprint density at radius 2 is 2.16 bits per heavy atom. The first-order valence-electron chi connectivity index (χ1n) is 8.55. The molecule has 0 saturated carbocycles. The molecule has 0 unspecified atom stereocenters. The smallest absolute Gasteiger partial charge is 0.280 e. The maximum absolute atomic E-state index is 12.4. The van der Waals surface area contributed by atoms with Gasteiger partial charge in [-0.25, -0.2) is 0 Å². The molecule has 1 atom stereocenters. The Morgan fingerprint density at radius 3 is 2.84 bits per heavy atom. The van der Waals surface area contributed by atoms with Gasteiger partial charge in [-0.05, 0) is 37.0 Å². The summed E-state index contributed by atoms with van der Waals surface area (Å²) in [6, 6.07) is 10.7. The average Bonchev–Trinajstić information content (AvgIpc) is 3.17. The van der Waals surface area contributed by atoms with Gasteiger partial charge >= 0.3 is 0 Å². The number of aryl methyl sites for hydroxylation is 1. The molecule has 3 rings (SSSR count). The fraction of sp³-hybridized carbons (Fsp3) is 0.368. The number of anilines is 1. The van der Waals surface area contributed by atoms with Gasteiger partial charge in [0.2, 0.25) is 0 Å². The van der Waals surface area contributed by atoms with Crippen LogP contribution in [0, 0.1) is 11.3 Å². The number of fused-ring (bicyclic) bond motifs is 1. The van der Waals surface area contributed by atoms with Gasteiger partial charge in [-0.2, -0.15) is 5.26 Å². The number of nitrogens with one attached hydrogen (secondary N) is 1. The molecule has 0 radical (unpaired) electrons. The lowest BCUT2D eigenvalue weighted by atomic mass is 10.0. The number of hydrogen-bond acceptors (Lipinski definition) is 3. The lowest BCUT2D eigenvalue weighted by molar-refractivity contribution is -0.686. The summed E-state index contributed by atoms with van der Waals surface area (Å²) in [5, 5.41) is 15.1. The van der Waals surface area contributed by atoms with Crippen LogP contribution in [0.5, 0.6) is 0 Å². The molecule has 0 bridgehead atoms. The van der Waals surface area contributed by atoms with Crippen LogP contribution in [-0.4, -0.2) is 12.5 Å². The Bertz CT molecular complexity index is 807. The monoisotopic (exact) mass is 418 g/mol. The summed E-state index contributed by atoms with van der Waals surface area (Å²) in [6.45, 7) is 2.47. The second-order valence-electron chi connectivity index (χ2n) is 6.23. The van der Waals surface area contributed by atoms with Crippen LogP contribution >= 0.6 is 27.3 Å². The van der Waals surface area contributed by atoms with Gasteiger partial charge in [0.05, 0.1) is 5.56 Å². The normalized spacial score (nSPS) is 14.0. The van der Waals surface area contributed by atoms with E-state index < -0.39 is 0 Å². The van der Waals surface area contributed by atoms with Crippen molar-refractivity contribution in [3.8, 4) is 6.07 Å². The Kier molecular flexibility index (Phi) is 5.89. The highest BCUT2D eigenvalue weighted by Gasteiger charge is 2.23. The van der Waals surface area contributed by atoms with E-state index in [0.29, 0.717) is 12.1 Å². The van der Waals surface area contributed by atoms with Gasteiger partial charge < -0.3 is 10.6 Å². The van der Waals surface area contributed by atoms with Gasteiger partial charge in [0, 0.05) is 21.3 Å². The van der Waals surface area contributed by atoms with E-state index in [-0.39, 0.29) is 11.9 Å². The first-order chi connectivity index (χ1) is 12.1. The van der Waals surface area contributed by atoms with Crippen molar-refractivity contribution in [3.05, 3.63) is 50.3 Å². The van der Waals surface area contributed by atoms with Crippen LogP contribution in [0.4, 0.5) is 5.00 Å². The van der Waals surface area contributed by atoms with Crippen molar-refractivity contribution in [2.75, 3.05) is 11.9 Å². The van der Waals surface area contributed by atoms with Gasteiger partial charge in [-0.3, -0.25) is 4.79 Å². The van der Waals surface area contributed by atoms with Crippen LogP contribution in [0.2, 0.25) is 0 Å². The molecule has 1 amide bonds. The van der Waals surface area contributed by atoms with Crippen LogP contribution in [0.25, 0.3) is 0 Å². The van der Waals surface area contributed by atoms with E-state index in [1.165, 1.54) is 10.4 Å². The van der Waals surface area contributed by atoms with Gasteiger partial charge in [0.25, 0.3) is 5.91 Å². The van der Waals surface area contributed by atoms with Crippen molar-refractivity contribution < 1.29 is 10.1 Å². The molecule has 1 aromatic carbocycles. The third-order valence-electron chi connectivity index (χ3n) is 4.61. The summed E-state index contributed by atoms with van der Waals surface area (Å²) < 4.78 is 1.05. The number of halogens is 1. The summed E-state index contributed by atoms with van der Waals surface area (Å²) in [5.41, 5.74) is 3.03. The molecule has 130 valence electrons. The van der Waals surface area contributed by atoms with Crippen LogP contribution < -0.4 is 10.6 Å². The minimum atomic E-state index is -0.0491. The van der Waals surface area contributed by atoms with E-state index in [0.717, 1.165) is 40.7 Å². The number of amides is 1. The quantitative estimate of drug-likeness (QED) is 0.752. The van der Waals surface area contributed by atoms with Crippen molar-refractivity contribution in [1.82, 2.24) is 0 Å². The number of hydrogen-bond donors (Lipinski definition) is 2. The van der Waals surface area contributed by atoms with Crippen molar-refractivity contribution in [2.24, 2.45) is 0 Å². The van der Waals surface area contributed by atoms with Crippen molar-refractivity contribution in [3.63, 3.8) is 0 Å². The lowest BCUT2D eigenvalue weighted by Gasteiger charge is -2.14. The van der Waals surface area contributed by atoms with Gasteiger partial charge in [0.1, 0.15) is 17.1 Å². The molecule has 0 spiro atoms. The minimum Gasteiger partial charge on any atom is -0.332 e. The second kappa shape index (κ2) is 8.13. The number of rotatable bonds is 6. The van der Waals surface area contributed by atoms with Gasteiger partial charge in [-0.15, -0.1) is 11.3 Å². The summed E-state index contributed by atoms with van der Waals surface area (Å²) in [6.07, 6.45) is 4.05. The zero-order valence-corrected chi connectivity index (χ0v) is 16.5. The van der Waals surface area contributed by atoms with Crippen molar-refractivity contribution >= 4 is 38.2 Å². The lowest BCUT2D eigenvalue weighted by Crippen LogP contribution is -2.87. The van der Waals surface area contributed by atoms with E-state index in [1.54, 1.807) is 11.3 Å². The zero-order chi connectivity index (χ0) is 17.8. The van der Waals surface area contributed by atoms with Crippen LogP contribution in [0.3, 0.4) is 0 Å². The molecule has 0 saturated heterocycles. The van der Waals surface area contributed by atoms with E-state index in [9.17, 15) is 10.1 Å². The zero-order valence-electron chi connectivity index (χ0n) is 14.1. The number of thiophene rings is 1. The third kappa shape index (κ3) is 4.12. The molecule has 1 aliphatic carbocycles. The molecule has 6 heteroatoms. The maximum Gasteiger partial charge on any atom is 0.280 e. The number of nitrogens with zero attached hydrogens (tertiary/aromatic N) is 1. The highest BCUT2D eigenvalue weighted by atomic mass is 79.9. The standard InChI is InChI=1S/C19H20BrN3OS/c1-2-16(12-6-8-13(20)9-7-12)22-11-18(24)23-19-15(10-21)14-4-3-5-17(14)25-19/h6-9,16,22H,2-5,11H2,1H3,(H,23,24)/p+1/t16-/m1/s1. The molecular weight excluding hydrogens is 398 g/mol. The van der Waals surface area contributed by atoms with E-state index >= 15 is 0 Å². The number of carbonyl (C=O) groups is 1. The van der Waals surface area contributed by atoms with E-state index in [2.05, 4.69) is 51.7 Å². The average molecular weight is 419 g/mol. The fourth-order valence-corrected chi connectivity index (χ4v) is 4.81. The molecule has 0 aliphatic heterocycles. The number of nitrogens with two attached hydrogens (primary N) is 1. The Balaban J connectivity index is 1.61. The third-order valence-corrected chi connectivity index (χ3v) is 6.35.